The Morgan fingerprint density at radius 2 is 1.71 bits per heavy atom. The lowest BCUT2D eigenvalue weighted by Crippen LogP contribution is -2.27. The summed E-state index contributed by atoms with van der Waals surface area (Å²) in [7, 11) is 0. The molecule has 4 rings (SSSR count). The molecule has 5 nitrogen and oxygen atoms in total. The minimum absolute atomic E-state index is 0.0774. The van der Waals surface area contributed by atoms with Crippen LogP contribution in [0.15, 0.2) is 65.6 Å². The number of halogens is 2. The Bertz CT molecular complexity index is 1290. The minimum Gasteiger partial charge on any atom is -0.490 e. The third-order valence-electron chi connectivity index (χ3n) is 5.30. The topological polar surface area (TPSA) is 55.8 Å². The van der Waals surface area contributed by atoms with Gasteiger partial charge in [0.2, 0.25) is 0 Å². The van der Waals surface area contributed by atoms with E-state index in [2.05, 4.69) is 0 Å². The first-order chi connectivity index (χ1) is 16.8. The highest BCUT2D eigenvalue weighted by Gasteiger charge is 2.35. The number of hydrogen-bond donors (Lipinski definition) is 0. The Kier molecular flexibility index (Phi) is 8.06. The number of hydrogen-bond acceptors (Lipinski definition) is 5. The molecule has 3 aromatic carbocycles. The van der Waals surface area contributed by atoms with Gasteiger partial charge < -0.3 is 9.47 Å². The predicted molar refractivity (Wildman–Crippen MR) is 141 cm³/mol. The van der Waals surface area contributed by atoms with Gasteiger partial charge in [-0.05, 0) is 72.6 Å². The first-order valence-electron chi connectivity index (χ1n) is 11.0. The van der Waals surface area contributed by atoms with E-state index in [1.807, 2.05) is 50.2 Å². The molecule has 1 fully saturated rings. The van der Waals surface area contributed by atoms with Crippen LogP contribution in [0.1, 0.15) is 29.2 Å². The number of aryl methyl sites for hydroxylation is 1. The van der Waals surface area contributed by atoms with Crippen LogP contribution < -0.4 is 9.47 Å². The molecular weight excluding hydrogens is 505 g/mol. The lowest BCUT2D eigenvalue weighted by atomic mass is 10.1. The molecular formula is C27H23Cl2NO4S. The van der Waals surface area contributed by atoms with Crippen LogP contribution in [0.2, 0.25) is 10.0 Å². The Morgan fingerprint density at radius 3 is 2.43 bits per heavy atom. The predicted octanol–water partition coefficient (Wildman–Crippen LogP) is 7.52. The molecule has 0 saturated carbocycles. The van der Waals surface area contributed by atoms with Crippen LogP contribution in [0, 0.1) is 6.92 Å². The van der Waals surface area contributed by atoms with Gasteiger partial charge >= 0.3 is 0 Å². The summed E-state index contributed by atoms with van der Waals surface area (Å²) in [5, 5.41) is 0.544. The molecule has 2 amide bonds. The number of rotatable bonds is 8. The van der Waals surface area contributed by atoms with Gasteiger partial charge in [-0.2, -0.15) is 0 Å². The molecule has 0 aromatic heterocycles. The Labute approximate surface area is 218 Å². The lowest BCUT2D eigenvalue weighted by molar-refractivity contribution is -0.123. The van der Waals surface area contributed by atoms with E-state index >= 15 is 0 Å². The number of carbonyl (C=O) groups is 2. The van der Waals surface area contributed by atoms with Gasteiger partial charge in [-0.15, -0.1) is 0 Å². The number of carbonyl (C=O) groups excluding carboxylic acids is 2. The van der Waals surface area contributed by atoms with Gasteiger partial charge in [0.05, 0.1) is 18.1 Å². The van der Waals surface area contributed by atoms with Crippen LogP contribution in [0.4, 0.5) is 4.79 Å². The van der Waals surface area contributed by atoms with Crippen LogP contribution in [0.3, 0.4) is 0 Å². The van der Waals surface area contributed by atoms with Gasteiger partial charge in [0, 0.05) is 10.0 Å². The van der Waals surface area contributed by atoms with Gasteiger partial charge in [-0.3, -0.25) is 14.5 Å². The van der Waals surface area contributed by atoms with E-state index in [1.54, 1.807) is 30.3 Å². The van der Waals surface area contributed by atoms with Crippen molar-refractivity contribution >= 4 is 52.2 Å². The van der Waals surface area contributed by atoms with Crippen LogP contribution in [-0.2, 0) is 17.9 Å². The number of nitrogens with zero attached hydrogens (tertiary/aromatic N) is 1. The molecule has 35 heavy (non-hydrogen) atoms. The molecule has 0 bridgehead atoms. The van der Waals surface area contributed by atoms with Crippen molar-refractivity contribution in [2.24, 2.45) is 0 Å². The largest absolute Gasteiger partial charge is 0.490 e. The molecule has 3 aromatic rings. The van der Waals surface area contributed by atoms with Crippen molar-refractivity contribution in [2.45, 2.75) is 27.0 Å². The summed E-state index contributed by atoms with van der Waals surface area (Å²) < 4.78 is 11.8. The highest BCUT2D eigenvalue weighted by molar-refractivity contribution is 8.18. The molecule has 1 heterocycles. The summed E-state index contributed by atoms with van der Waals surface area (Å²) in [6.07, 6.45) is 1.68. The van der Waals surface area contributed by atoms with Crippen molar-refractivity contribution in [2.75, 3.05) is 6.61 Å². The maximum atomic E-state index is 13.0. The van der Waals surface area contributed by atoms with Gasteiger partial charge in [-0.1, -0.05) is 65.2 Å². The number of amides is 2. The number of thioether (sulfide) groups is 1. The SMILES string of the molecule is CCOc1cc(/C=C2\SC(=O)N(Cc3ccc(Cl)cc3Cl)C2=O)ccc1OCc1ccc(C)cc1. The quantitative estimate of drug-likeness (QED) is 0.283. The van der Waals surface area contributed by atoms with Crippen molar-refractivity contribution in [1.82, 2.24) is 4.90 Å². The summed E-state index contributed by atoms with van der Waals surface area (Å²) in [4.78, 5) is 27.0. The fourth-order valence-corrected chi connectivity index (χ4v) is 4.76. The van der Waals surface area contributed by atoms with E-state index in [0.29, 0.717) is 45.2 Å². The first kappa shape index (κ1) is 25.2. The minimum atomic E-state index is -0.372. The zero-order valence-corrected chi connectivity index (χ0v) is 21.5. The smallest absolute Gasteiger partial charge is 0.293 e. The maximum absolute atomic E-state index is 13.0. The van der Waals surface area contributed by atoms with Crippen LogP contribution in [0.5, 0.6) is 11.5 Å². The second-order valence-electron chi connectivity index (χ2n) is 7.92. The molecule has 0 N–H and O–H groups in total. The Balaban J connectivity index is 1.50. The summed E-state index contributed by atoms with van der Waals surface area (Å²) in [5.41, 5.74) is 3.62. The summed E-state index contributed by atoms with van der Waals surface area (Å²) >= 11 is 13.1. The van der Waals surface area contributed by atoms with Crippen molar-refractivity contribution in [3.63, 3.8) is 0 Å². The van der Waals surface area contributed by atoms with Gasteiger partial charge in [0.1, 0.15) is 6.61 Å². The fourth-order valence-electron chi connectivity index (χ4n) is 3.46. The normalized spacial score (nSPS) is 14.6. The second kappa shape index (κ2) is 11.2. The Morgan fingerprint density at radius 1 is 0.943 bits per heavy atom. The van der Waals surface area contributed by atoms with Crippen LogP contribution in [0.25, 0.3) is 6.08 Å². The van der Waals surface area contributed by atoms with E-state index in [1.165, 1.54) is 10.5 Å². The molecule has 0 radical (unpaired) electrons. The van der Waals surface area contributed by atoms with Gasteiger partial charge in [-0.25, -0.2) is 0 Å². The molecule has 1 aliphatic heterocycles. The lowest BCUT2D eigenvalue weighted by Gasteiger charge is -2.14. The monoisotopic (exact) mass is 527 g/mol. The maximum Gasteiger partial charge on any atom is 0.293 e. The number of benzene rings is 3. The molecule has 0 aliphatic carbocycles. The summed E-state index contributed by atoms with van der Waals surface area (Å²) in [5.74, 6) is 0.805. The van der Waals surface area contributed by atoms with E-state index in [-0.39, 0.29) is 17.7 Å². The molecule has 1 aliphatic rings. The third-order valence-corrected chi connectivity index (χ3v) is 6.79. The summed E-state index contributed by atoms with van der Waals surface area (Å²) in [6, 6.07) is 18.5. The molecule has 1 saturated heterocycles. The fraction of sp³-hybridized carbons (Fsp3) is 0.185. The number of ether oxygens (including phenoxy) is 2. The van der Waals surface area contributed by atoms with Crippen LogP contribution in [-0.4, -0.2) is 22.7 Å². The van der Waals surface area contributed by atoms with Crippen LogP contribution >= 0.6 is 35.0 Å². The third kappa shape index (κ3) is 6.20. The van der Waals surface area contributed by atoms with Crippen molar-refractivity contribution in [3.8, 4) is 11.5 Å². The standard InChI is InChI=1S/C27H23Cl2NO4S/c1-3-33-24-12-19(8-11-23(24)34-16-18-6-4-17(2)5-7-18)13-25-26(31)30(27(32)35-25)15-20-9-10-21(28)14-22(20)29/h4-14H,3,15-16H2,1-2H3/b25-13-. The number of imide groups is 1. The zero-order chi connectivity index (χ0) is 24.9. The molecule has 8 heteroatoms. The highest BCUT2D eigenvalue weighted by Crippen LogP contribution is 2.36. The first-order valence-corrected chi connectivity index (χ1v) is 12.6. The second-order valence-corrected chi connectivity index (χ2v) is 9.75. The molecule has 0 spiro atoms. The van der Waals surface area contributed by atoms with E-state index < -0.39 is 0 Å². The Hall–Kier alpha value is -2.93. The van der Waals surface area contributed by atoms with Crippen molar-refractivity contribution < 1.29 is 19.1 Å². The molecule has 180 valence electrons. The molecule has 0 unspecified atom stereocenters. The summed E-state index contributed by atoms with van der Waals surface area (Å²) in [6.45, 7) is 4.88. The molecule has 0 atom stereocenters. The zero-order valence-electron chi connectivity index (χ0n) is 19.2. The van der Waals surface area contributed by atoms with Gasteiger partial charge in [0.15, 0.2) is 11.5 Å². The average Bonchev–Trinajstić information content (AvgIpc) is 3.08. The van der Waals surface area contributed by atoms with Crippen molar-refractivity contribution in [1.29, 1.82) is 0 Å². The van der Waals surface area contributed by atoms with Crippen molar-refractivity contribution in [3.05, 3.63) is 97.9 Å². The highest BCUT2D eigenvalue weighted by atomic mass is 35.5. The average molecular weight is 528 g/mol. The van der Waals surface area contributed by atoms with Gasteiger partial charge in [0.25, 0.3) is 11.1 Å². The van der Waals surface area contributed by atoms with E-state index in [0.717, 1.165) is 22.9 Å². The van der Waals surface area contributed by atoms with E-state index in [4.69, 9.17) is 32.7 Å². The van der Waals surface area contributed by atoms with E-state index in [9.17, 15) is 9.59 Å².